The number of nitrogens with one attached hydrogen (secondary N) is 1. The highest BCUT2D eigenvalue weighted by Gasteiger charge is 2.11. The van der Waals surface area contributed by atoms with E-state index in [2.05, 4.69) is 29.4 Å². The Morgan fingerprint density at radius 1 is 1.11 bits per heavy atom. The largest absolute Gasteiger partial charge is 0.369 e. The van der Waals surface area contributed by atoms with Crippen molar-refractivity contribution in [1.29, 1.82) is 0 Å². The first-order valence-corrected chi connectivity index (χ1v) is 6.76. The van der Waals surface area contributed by atoms with Crippen molar-refractivity contribution in [2.75, 3.05) is 11.9 Å². The van der Waals surface area contributed by atoms with Crippen LogP contribution in [0.25, 0.3) is 11.3 Å². The molecule has 0 fully saturated rings. The van der Waals surface area contributed by atoms with E-state index in [1.54, 1.807) is 0 Å². The number of nitrogens with zero attached hydrogens (tertiary/aromatic N) is 2. The van der Waals surface area contributed by atoms with Crippen LogP contribution in [0, 0.1) is 20.8 Å². The zero-order valence-electron chi connectivity index (χ0n) is 11.7. The van der Waals surface area contributed by atoms with E-state index in [1.165, 1.54) is 0 Å². The Balaban J connectivity index is 2.51. The van der Waals surface area contributed by atoms with Gasteiger partial charge in [-0.3, -0.25) is 0 Å². The van der Waals surface area contributed by atoms with Gasteiger partial charge >= 0.3 is 0 Å². The van der Waals surface area contributed by atoms with Gasteiger partial charge in [0.1, 0.15) is 0 Å². The first-order valence-electron chi connectivity index (χ1n) is 6.38. The van der Waals surface area contributed by atoms with Crippen molar-refractivity contribution < 1.29 is 0 Å². The molecule has 0 aliphatic rings. The fourth-order valence-corrected chi connectivity index (χ4v) is 2.14. The smallest absolute Gasteiger partial charge is 0.151 e. The summed E-state index contributed by atoms with van der Waals surface area (Å²) < 4.78 is 0. The predicted octanol–water partition coefficient (Wildman–Crippen LogP) is 4.15. The second kappa shape index (κ2) is 5.57. The predicted molar refractivity (Wildman–Crippen MR) is 80.9 cm³/mol. The first-order chi connectivity index (χ1) is 9.04. The minimum atomic E-state index is 0.757. The van der Waals surface area contributed by atoms with Gasteiger partial charge in [-0.2, -0.15) is 0 Å². The molecule has 2 rings (SSSR count). The molecule has 0 bridgehead atoms. The third-order valence-electron chi connectivity index (χ3n) is 3.31. The van der Waals surface area contributed by atoms with E-state index in [4.69, 9.17) is 11.6 Å². The zero-order chi connectivity index (χ0) is 14.0. The third-order valence-corrected chi connectivity index (χ3v) is 3.72. The molecule has 0 amide bonds. The summed E-state index contributed by atoms with van der Waals surface area (Å²) in [7, 11) is 0. The van der Waals surface area contributed by atoms with Gasteiger partial charge in [0.05, 0.1) is 5.69 Å². The van der Waals surface area contributed by atoms with Crippen LogP contribution in [0.5, 0.6) is 0 Å². The molecule has 100 valence electrons. The van der Waals surface area contributed by atoms with E-state index in [9.17, 15) is 0 Å². The number of halogens is 1. The molecule has 1 aromatic carbocycles. The Kier molecular flexibility index (Phi) is 4.05. The molecular formula is C15H18ClN3. The van der Waals surface area contributed by atoms with E-state index in [1.807, 2.05) is 32.0 Å². The molecule has 1 aromatic heterocycles. The monoisotopic (exact) mass is 275 g/mol. The minimum Gasteiger partial charge on any atom is -0.369 e. The third kappa shape index (κ3) is 2.71. The van der Waals surface area contributed by atoms with Crippen LogP contribution < -0.4 is 5.32 Å². The molecule has 2 aromatic rings. The van der Waals surface area contributed by atoms with Crippen molar-refractivity contribution in [3.63, 3.8) is 0 Å². The standard InChI is InChI=1S/C15H18ClN3/c1-5-17-15-11(4)10(3)14(18-19-15)12-7-6-9(2)13(16)8-12/h6-8H,5H2,1-4H3,(H,17,19). The van der Waals surface area contributed by atoms with Gasteiger partial charge in [-0.05, 0) is 50.5 Å². The van der Waals surface area contributed by atoms with Crippen molar-refractivity contribution in [3.05, 3.63) is 39.9 Å². The molecule has 0 aliphatic heterocycles. The van der Waals surface area contributed by atoms with Crippen LogP contribution >= 0.6 is 11.6 Å². The lowest BCUT2D eigenvalue weighted by molar-refractivity contribution is 0.987. The summed E-state index contributed by atoms with van der Waals surface area (Å²) in [6.45, 7) is 8.99. The Bertz CT molecular complexity index is 609. The number of hydrogen-bond acceptors (Lipinski definition) is 3. The van der Waals surface area contributed by atoms with E-state index in [-0.39, 0.29) is 0 Å². The van der Waals surface area contributed by atoms with Gasteiger partial charge in [0.2, 0.25) is 0 Å². The van der Waals surface area contributed by atoms with Gasteiger partial charge in [-0.25, -0.2) is 0 Å². The summed E-state index contributed by atoms with van der Waals surface area (Å²) in [6.07, 6.45) is 0. The van der Waals surface area contributed by atoms with Crippen LogP contribution in [-0.2, 0) is 0 Å². The first kappa shape index (κ1) is 13.8. The van der Waals surface area contributed by atoms with E-state index >= 15 is 0 Å². The number of benzene rings is 1. The quantitative estimate of drug-likeness (QED) is 0.914. The lowest BCUT2D eigenvalue weighted by Crippen LogP contribution is -2.06. The maximum atomic E-state index is 6.18. The van der Waals surface area contributed by atoms with Crippen molar-refractivity contribution in [2.45, 2.75) is 27.7 Å². The summed E-state index contributed by atoms with van der Waals surface area (Å²) in [5, 5.41) is 12.6. The average Bonchev–Trinajstić information content (AvgIpc) is 2.39. The number of hydrogen-bond donors (Lipinski definition) is 1. The molecule has 4 heteroatoms. The maximum absolute atomic E-state index is 6.18. The molecule has 0 atom stereocenters. The second-order valence-corrected chi connectivity index (χ2v) is 5.05. The van der Waals surface area contributed by atoms with Crippen LogP contribution in [0.2, 0.25) is 5.02 Å². The van der Waals surface area contributed by atoms with Gasteiger partial charge in [0.15, 0.2) is 5.82 Å². The molecular weight excluding hydrogens is 258 g/mol. The molecule has 0 saturated carbocycles. The fraction of sp³-hybridized carbons (Fsp3) is 0.333. The van der Waals surface area contributed by atoms with Crippen molar-refractivity contribution in [1.82, 2.24) is 10.2 Å². The van der Waals surface area contributed by atoms with Crippen LogP contribution in [0.4, 0.5) is 5.82 Å². The number of anilines is 1. The van der Waals surface area contributed by atoms with Gasteiger partial charge < -0.3 is 5.32 Å². The highest BCUT2D eigenvalue weighted by atomic mass is 35.5. The van der Waals surface area contributed by atoms with E-state index in [0.717, 1.165) is 45.3 Å². The summed E-state index contributed by atoms with van der Waals surface area (Å²) >= 11 is 6.18. The lowest BCUT2D eigenvalue weighted by atomic mass is 10.0. The minimum absolute atomic E-state index is 0.757. The molecule has 3 nitrogen and oxygen atoms in total. The highest BCUT2D eigenvalue weighted by Crippen LogP contribution is 2.28. The second-order valence-electron chi connectivity index (χ2n) is 4.64. The fourth-order valence-electron chi connectivity index (χ4n) is 1.95. The molecule has 0 unspecified atom stereocenters. The van der Waals surface area contributed by atoms with Crippen molar-refractivity contribution >= 4 is 17.4 Å². The van der Waals surface area contributed by atoms with Gasteiger partial charge in [0.25, 0.3) is 0 Å². The molecule has 0 aliphatic carbocycles. The van der Waals surface area contributed by atoms with Crippen LogP contribution in [-0.4, -0.2) is 16.7 Å². The van der Waals surface area contributed by atoms with Crippen molar-refractivity contribution in [2.24, 2.45) is 0 Å². The Morgan fingerprint density at radius 3 is 2.47 bits per heavy atom. The van der Waals surface area contributed by atoms with Crippen molar-refractivity contribution in [3.8, 4) is 11.3 Å². The van der Waals surface area contributed by atoms with Gasteiger partial charge in [-0.1, -0.05) is 23.7 Å². The zero-order valence-corrected chi connectivity index (χ0v) is 12.5. The Morgan fingerprint density at radius 2 is 1.84 bits per heavy atom. The Labute approximate surface area is 119 Å². The molecule has 1 heterocycles. The topological polar surface area (TPSA) is 37.8 Å². The van der Waals surface area contributed by atoms with Crippen LogP contribution in [0.3, 0.4) is 0 Å². The summed E-state index contributed by atoms with van der Waals surface area (Å²) in [4.78, 5) is 0. The van der Waals surface area contributed by atoms with Crippen LogP contribution in [0.15, 0.2) is 18.2 Å². The number of aryl methyl sites for hydroxylation is 1. The van der Waals surface area contributed by atoms with E-state index in [0.29, 0.717) is 0 Å². The van der Waals surface area contributed by atoms with Crippen LogP contribution in [0.1, 0.15) is 23.6 Å². The molecule has 0 saturated heterocycles. The molecule has 0 spiro atoms. The summed E-state index contributed by atoms with van der Waals surface area (Å²) in [6, 6.07) is 5.98. The summed E-state index contributed by atoms with van der Waals surface area (Å²) in [5.74, 6) is 0.849. The SMILES string of the molecule is CCNc1nnc(-c2ccc(C)c(Cl)c2)c(C)c1C. The highest BCUT2D eigenvalue weighted by molar-refractivity contribution is 6.31. The maximum Gasteiger partial charge on any atom is 0.151 e. The number of rotatable bonds is 3. The Hall–Kier alpha value is -1.61. The summed E-state index contributed by atoms with van der Waals surface area (Å²) in [5.41, 5.74) is 5.22. The molecule has 1 N–H and O–H groups in total. The lowest BCUT2D eigenvalue weighted by Gasteiger charge is -2.12. The van der Waals surface area contributed by atoms with Gasteiger partial charge in [0, 0.05) is 17.1 Å². The molecule has 0 radical (unpaired) electrons. The van der Waals surface area contributed by atoms with E-state index < -0.39 is 0 Å². The molecule has 19 heavy (non-hydrogen) atoms. The normalized spacial score (nSPS) is 10.6. The average molecular weight is 276 g/mol. The number of aromatic nitrogens is 2. The van der Waals surface area contributed by atoms with Gasteiger partial charge in [-0.15, -0.1) is 10.2 Å².